The average Bonchev–Trinajstić information content (AvgIpc) is 2.67. The molecule has 0 radical (unpaired) electrons. The number of allylic oxidation sites excluding steroid dienone is 4. The fraction of sp³-hybridized carbons (Fsp3) is 0.867. The number of aliphatic hydroxyl groups is 1. The molecule has 0 saturated heterocycles. The van der Waals surface area contributed by atoms with Crippen LogP contribution < -0.4 is 0 Å². The van der Waals surface area contributed by atoms with E-state index in [1.807, 2.05) is 5.57 Å². The zero-order valence-electron chi connectivity index (χ0n) is 21.9. The van der Waals surface area contributed by atoms with Crippen LogP contribution in [0.2, 0.25) is 0 Å². The largest absolute Gasteiger partial charge is 0.393 e. The van der Waals surface area contributed by atoms with Crippen LogP contribution in [0.25, 0.3) is 0 Å². The zero-order valence-corrected chi connectivity index (χ0v) is 21.9. The van der Waals surface area contributed by atoms with E-state index in [0.717, 1.165) is 18.8 Å². The Hall–Kier alpha value is -0.560. The standard InChI is InChI=1S/C30H50O/c1-20-13-15-29(7)18-17-27(3,4)19-24(29)22(20)10-11-23-21(2)9-12-25-28(5,6)26(31)14-16-30(23,25)8/h9,23-26,31H,10-19H2,1-8H3/t23-,24-,25-,26-,29-,30?/m0/s1. The molecule has 4 aliphatic rings. The highest BCUT2D eigenvalue weighted by Crippen LogP contribution is 2.62. The van der Waals surface area contributed by atoms with Gasteiger partial charge >= 0.3 is 0 Å². The maximum atomic E-state index is 10.8. The molecule has 0 heterocycles. The van der Waals surface area contributed by atoms with Gasteiger partial charge in [0.15, 0.2) is 0 Å². The first-order valence-corrected chi connectivity index (χ1v) is 13.3. The van der Waals surface area contributed by atoms with E-state index in [1.165, 1.54) is 51.4 Å². The van der Waals surface area contributed by atoms with E-state index in [9.17, 15) is 5.11 Å². The maximum Gasteiger partial charge on any atom is 0.0594 e. The van der Waals surface area contributed by atoms with Crippen molar-refractivity contribution in [1.82, 2.24) is 0 Å². The van der Waals surface area contributed by atoms with Crippen molar-refractivity contribution in [2.75, 3.05) is 0 Å². The van der Waals surface area contributed by atoms with Crippen LogP contribution in [-0.2, 0) is 0 Å². The number of aliphatic hydroxyl groups excluding tert-OH is 1. The minimum atomic E-state index is -0.147. The molecule has 1 nitrogen and oxygen atoms in total. The third-order valence-electron chi connectivity index (χ3n) is 11.2. The normalized spacial score (nSPS) is 44.4. The Morgan fingerprint density at radius 3 is 2.39 bits per heavy atom. The highest BCUT2D eigenvalue weighted by atomic mass is 16.3. The van der Waals surface area contributed by atoms with Gasteiger partial charge < -0.3 is 5.11 Å². The predicted octanol–water partition coefficient (Wildman–Crippen LogP) is 8.48. The summed E-state index contributed by atoms with van der Waals surface area (Å²) in [5, 5.41) is 10.8. The van der Waals surface area contributed by atoms with Crippen molar-refractivity contribution in [1.29, 1.82) is 0 Å². The molecular weight excluding hydrogens is 376 g/mol. The van der Waals surface area contributed by atoms with Crippen LogP contribution in [0.1, 0.15) is 120 Å². The van der Waals surface area contributed by atoms with Gasteiger partial charge in [-0.2, -0.15) is 0 Å². The van der Waals surface area contributed by atoms with E-state index in [0.29, 0.717) is 28.1 Å². The molecule has 0 amide bonds. The van der Waals surface area contributed by atoms with E-state index >= 15 is 0 Å². The van der Waals surface area contributed by atoms with Gasteiger partial charge in [0.1, 0.15) is 0 Å². The minimum Gasteiger partial charge on any atom is -0.393 e. The second-order valence-corrected chi connectivity index (χ2v) is 14.1. The molecule has 2 fully saturated rings. The highest BCUT2D eigenvalue weighted by Gasteiger charge is 2.55. The second kappa shape index (κ2) is 7.75. The lowest BCUT2D eigenvalue weighted by atomic mass is 9.47. The Bertz CT molecular complexity index is 767. The van der Waals surface area contributed by atoms with Crippen molar-refractivity contribution < 1.29 is 5.11 Å². The quantitative estimate of drug-likeness (QED) is 0.449. The first kappa shape index (κ1) is 23.6. The van der Waals surface area contributed by atoms with Crippen molar-refractivity contribution in [2.24, 2.45) is 39.4 Å². The summed E-state index contributed by atoms with van der Waals surface area (Å²) in [6, 6.07) is 0. The number of hydrogen-bond donors (Lipinski definition) is 1. The van der Waals surface area contributed by atoms with E-state index in [-0.39, 0.29) is 11.5 Å². The van der Waals surface area contributed by atoms with Gasteiger partial charge in [-0.1, -0.05) is 64.3 Å². The van der Waals surface area contributed by atoms with Crippen LogP contribution in [0.15, 0.2) is 22.8 Å². The Morgan fingerprint density at radius 2 is 1.68 bits per heavy atom. The first-order chi connectivity index (χ1) is 14.3. The fourth-order valence-electron chi connectivity index (χ4n) is 8.75. The van der Waals surface area contributed by atoms with Crippen molar-refractivity contribution in [3.63, 3.8) is 0 Å². The van der Waals surface area contributed by atoms with Crippen molar-refractivity contribution in [2.45, 2.75) is 126 Å². The molecule has 0 aliphatic heterocycles. The topological polar surface area (TPSA) is 20.2 Å². The van der Waals surface area contributed by atoms with Gasteiger partial charge in [0.25, 0.3) is 0 Å². The van der Waals surface area contributed by atoms with Crippen LogP contribution in [-0.4, -0.2) is 11.2 Å². The summed E-state index contributed by atoms with van der Waals surface area (Å²) in [4.78, 5) is 0. The van der Waals surface area contributed by atoms with Gasteiger partial charge in [-0.25, -0.2) is 0 Å². The second-order valence-electron chi connectivity index (χ2n) is 14.1. The third kappa shape index (κ3) is 3.89. The number of hydrogen-bond acceptors (Lipinski definition) is 1. The van der Waals surface area contributed by atoms with Gasteiger partial charge in [0.05, 0.1) is 6.10 Å². The molecule has 0 bridgehead atoms. The zero-order chi connectivity index (χ0) is 22.8. The summed E-state index contributed by atoms with van der Waals surface area (Å²) in [5.74, 6) is 2.06. The molecule has 0 spiro atoms. The molecule has 6 atom stereocenters. The van der Waals surface area contributed by atoms with E-state index in [2.05, 4.69) is 61.5 Å². The molecule has 1 heteroatoms. The maximum absolute atomic E-state index is 10.8. The van der Waals surface area contributed by atoms with Gasteiger partial charge in [-0.3, -0.25) is 0 Å². The fourth-order valence-corrected chi connectivity index (χ4v) is 8.75. The molecule has 0 aromatic heterocycles. The summed E-state index contributed by atoms with van der Waals surface area (Å²) in [6.07, 6.45) is 15.2. The molecule has 1 N–H and O–H groups in total. The Morgan fingerprint density at radius 1 is 0.968 bits per heavy atom. The molecule has 0 aromatic carbocycles. The first-order valence-electron chi connectivity index (χ1n) is 13.3. The summed E-state index contributed by atoms with van der Waals surface area (Å²) < 4.78 is 0. The molecule has 0 aromatic rings. The van der Waals surface area contributed by atoms with Crippen LogP contribution in [0, 0.1) is 39.4 Å². The molecule has 2 saturated carbocycles. The monoisotopic (exact) mass is 426 g/mol. The summed E-state index contributed by atoms with van der Waals surface area (Å²) in [6.45, 7) is 19.7. The van der Waals surface area contributed by atoms with Gasteiger partial charge in [-0.15, -0.1) is 0 Å². The van der Waals surface area contributed by atoms with Crippen LogP contribution in [0.3, 0.4) is 0 Å². The third-order valence-corrected chi connectivity index (χ3v) is 11.2. The Kier molecular flexibility index (Phi) is 5.90. The van der Waals surface area contributed by atoms with E-state index in [4.69, 9.17) is 0 Å². The molecule has 4 aliphatic carbocycles. The number of rotatable bonds is 3. The Labute approximate surface area is 193 Å². The van der Waals surface area contributed by atoms with Gasteiger partial charge in [-0.05, 0) is 117 Å². The van der Waals surface area contributed by atoms with Crippen molar-refractivity contribution >= 4 is 0 Å². The minimum absolute atomic E-state index is 0.0223. The lowest BCUT2D eigenvalue weighted by Gasteiger charge is -2.58. The van der Waals surface area contributed by atoms with Gasteiger partial charge in [0.2, 0.25) is 0 Å². The Balaban J connectivity index is 1.59. The lowest BCUT2D eigenvalue weighted by molar-refractivity contribution is -0.116. The predicted molar refractivity (Wildman–Crippen MR) is 133 cm³/mol. The van der Waals surface area contributed by atoms with Gasteiger partial charge in [0, 0.05) is 0 Å². The molecular formula is C30H50O. The molecule has 176 valence electrons. The highest BCUT2D eigenvalue weighted by molar-refractivity contribution is 5.26. The summed E-state index contributed by atoms with van der Waals surface area (Å²) in [7, 11) is 0. The average molecular weight is 427 g/mol. The molecule has 4 rings (SSSR count). The SMILES string of the molecule is CC1=CC[C@H]2C(C)(C)[C@@H](O)CCC2(C)[C@H]1CCC1=C(C)CC[C@@]2(C)CCC(C)(C)C[C@@H]12. The smallest absolute Gasteiger partial charge is 0.0594 e. The molecule has 1 unspecified atom stereocenters. The lowest BCUT2D eigenvalue weighted by Crippen LogP contribution is -2.54. The van der Waals surface area contributed by atoms with Crippen LogP contribution in [0.5, 0.6) is 0 Å². The van der Waals surface area contributed by atoms with Crippen molar-refractivity contribution in [3.8, 4) is 0 Å². The summed E-state index contributed by atoms with van der Waals surface area (Å²) >= 11 is 0. The molecule has 31 heavy (non-hydrogen) atoms. The summed E-state index contributed by atoms with van der Waals surface area (Å²) in [5.41, 5.74) is 6.58. The van der Waals surface area contributed by atoms with E-state index in [1.54, 1.807) is 11.1 Å². The van der Waals surface area contributed by atoms with E-state index < -0.39 is 0 Å². The van der Waals surface area contributed by atoms with Crippen LogP contribution >= 0.6 is 0 Å². The number of fused-ring (bicyclic) bond motifs is 2. The van der Waals surface area contributed by atoms with Crippen LogP contribution in [0.4, 0.5) is 0 Å². The van der Waals surface area contributed by atoms with Crippen molar-refractivity contribution in [3.05, 3.63) is 22.8 Å².